The molecule has 25 heavy (non-hydrogen) atoms. The standard InChI is InChI=1S/C17H21N7O/c18-14-2-1-13(8-19-14)15(25)22-16-4-11-3-12(5-16)7-17(6-11,9-16)24-21-10-20-23-24/h1-2,8,10-12H,3-7,9H2,(H2,18,19)(H,22,25). The van der Waals surface area contributed by atoms with E-state index in [-0.39, 0.29) is 17.0 Å². The van der Waals surface area contributed by atoms with Crippen molar-refractivity contribution in [1.29, 1.82) is 0 Å². The molecule has 4 aliphatic rings. The maximum Gasteiger partial charge on any atom is 0.253 e. The first-order valence-corrected chi connectivity index (χ1v) is 8.83. The number of tetrazole rings is 1. The van der Waals surface area contributed by atoms with Crippen LogP contribution in [0, 0.1) is 11.8 Å². The van der Waals surface area contributed by atoms with Gasteiger partial charge in [0.25, 0.3) is 5.91 Å². The predicted octanol–water partition coefficient (Wildman–Crippen LogP) is 1.13. The van der Waals surface area contributed by atoms with Crippen molar-refractivity contribution in [2.24, 2.45) is 11.8 Å². The Morgan fingerprint density at radius 1 is 1.24 bits per heavy atom. The Kier molecular flexibility index (Phi) is 2.96. The molecule has 2 aromatic heterocycles. The second kappa shape index (κ2) is 5.00. The molecular weight excluding hydrogens is 318 g/mol. The van der Waals surface area contributed by atoms with E-state index in [1.54, 1.807) is 23.1 Å². The third-order valence-corrected chi connectivity index (χ3v) is 6.23. The maximum atomic E-state index is 12.8. The number of pyridine rings is 1. The zero-order valence-electron chi connectivity index (χ0n) is 13.9. The number of nitrogens with one attached hydrogen (secondary N) is 1. The molecule has 2 atom stereocenters. The topological polar surface area (TPSA) is 112 Å². The Hall–Kier alpha value is -2.51. The van der Waals surface area contributed by atoms with Gasteiger partial charge in [0.15, 0.2) is 6.33 Å². The van der Waals surface area contributed by atoms with Crippen molar-refractivity contribution in [3.8, 4) is 0 Å². The van der Waals surface area contributed by atoms with E-state index in [4.69, 9.17) is 5.73 Å². The molecule has 4 saturated carbocycles. The highest BCUT2D eigenvalue weighted by Gasteiger charge is 2.60. The lowest BCUT2D eigenvalue weighted by Crippen LogP contribution is -2.66. The number of nitrogens with two attached hydrogens (primary N) is 1. The minimum Gasteiger partial charge on any atom is -0.384 e. The first kappa shape index (κ1) is 14.8. The minimum atomic E-state index is -0.184. The molecule has 0 aliphatic heterocycles. The summed E-state index contributed by atoms with van der Waals surface area (Å²) in [6, 6.07) is 3.39. The van der Waals surface area contributed by atoms with E-state index >= 15 is 0 Å². The highest BCUT2D eigenvalue weighted by atomic mass is 16.1. The van der Waals surface area contributed by atoms with Crippen molar-refractivity contribution < 1.29 is 4.79 Å². The lowest BCUT2D eigenvalue weighted by molar-refractivity contribution is -0.0810. The highest BCUT2D eigenvalue weighted by Crippen LogP contribution is 2.60. The Bertz CT molecular complexity index is 787. The average molecular weight is 339 g/mol. The Morgan fingerprint density at radius 2 is 2.04 bits per heavy atom. The van der Waals surface area contributed by atoms with Crippen molar-refractivity contribution in [2.45, 2.75) is 49.6 Å². The van der Waals surface area contributed by atoms with E-state index in [1.807, 2.05) is 0 Å². The highest BCUT2D eigenvalue weighted by molar-refractivity contribution is 5.94. The van der Waals surface area contributed by atoms with Crippen molar-refractivity contribution in [2.75, 3.05) is 5.73 Å². The molecule has 8 heteroatoms. The molecule has 8 nitrogen and oxygen atoms in total. The molecule has 2 heterocycles. The number of hydrogen-bond acceptors (Lipinski definition) is 6. The van der Waals surface area contributed by atoms with Gasteiger partial charge in [-0.05, 0) is 67.7 Å². The van der Waals surface area contributed by atoms with E-state index in [2.05, 4.69) is 25.7 Å². The molecule has 0 spiro atoms. The molecule has 2 unspecified atom stereocenters. The summed E-state index contributed by atoms with van der Waals surface area (Å²) in [5, 5.41) is 15.8. The zero-order chi connectivity index (χ0) is 17.1. The molecular formula is C17H21N7O. The van der Waals surface area contributed by atoms with Crippen LogP contribution in [0.4, 0.5) is 5.82 Å². The van der Waals surface area contributed by atoms with Crippen molar-refractivity contribution in [1.82, 2.24) is 30.5 Å². The van der Waals surface area contributed by atoms with Gasteiger partial charge in [0.05, 0.1) is 11.1 Å². The number of nitrogens with zero attached hydrogens (tertiary/aromatic N) is 5. The number of amides is 1. The molecule has 4 aliphatic carbocycles. The van der Waals surface area contributed by atoms with Crippen LogP contribution in [-0.4, -0.2) is 36.6 Å². The van der Waals surface area contributed by atoms with Crippen LogP contribution in [0.5, 0.6) is 0 Å². The summed E-state index contributed by atoms with van der Waals surface area (Å²) >= 11 is 0. The van der Waals surface area contributed by atoms with E-state index in [1.165, 1.54) is 12.7 Å². The van der Waals surface area contributed by atoms with E-state index in [0.717, 1.165) is 32.1 Å². The summed E-state index contributed by atoms with van der Waals surface area (Å²) in [7, 11) is 0. The molecule has 6 rings (SSSR count). The molecule has 2 aromatic rings. The van der Waals surface area contributed by atoms with E-state index in [9.17, 15) is 4.79 Å². The van der Waals surface area contributed by atoms with Gasteiger partial charge >= 0.3 is 0 Å². The van der Waals surface area contributed by atoms with Crippen LogP contribution in [0.15, 0.2) is 24.7 Å². The summed E-state index contributed by atoms with van der Waals surface area (Å²) in [6.45, 7) is 0. The van der Waals surface area contributed by atoms with Crippen molar-refractivity contribution >= 4 is 11.7 Å². The SMILES string of the molecule is Nc1ccc(C(=O)NC23CC4CC(C2)CC(n2ncnn2)(C4)C3)cn1. The van der Waals surface area contributed by atoms with Gasteiger partial charge in [0, 0.05) is 11.7 Å². The van der Waals surface area contributed by atoms with Gasteiger partial charge in [0.2, 0.25) is 0 Å². The fraction of sp³-hybridized carbons (Fsp3) is 0.588. The van der Waals surface area contributed by atoms with Crippen LogP contribution in [-0.2, 0) is 5.54 Å². The molecule has 0 aromatic carbocycles. The van der Waals surface area contributed by atoms with Crippen molar-refractivity contribution in [3.63, 3.8) is 0 Å². The molecule has 130 valence electrons. The van der Waals surface area contributed by atoms with Gasteiger partial charge in [-0.15, -0.1) is 10.2 Å². The van der Waals surface area contributed by atoms with Gasteiger partial charge in [-0.3, -0.25) is 4.79 Å². The third kappa shape index (κ3) is 2.31. The van der Waals surface area contributed by atoms with Crippen LogP contribution in [0.25, 0.3) is 0 Å². The van der Waals surface area contributed by atoms with Gasteiger partial charge in [0.1, 0.15) is 5.82 Å². The fourth-order valence-electron chi connectivity index (χ4n) is 5.83. The van der Waals surface area contributed by atoms with Crippen LogP contribution in [0.2, 0.25) is 0 Å². The third-order valence-electron chi connectivity index (χ3n) is 6.23. The van der Waals surface area contributed by atoms with Crippen LogP contribution in [0.3, 0.4) is 0 Å². The predicted molar refractivity (Wildman–Crippen MR) is 89.3 cm³/mol. The Morgan fingerprint density at radius 3 is 2.68 bits per heavy atom. The quantitative estimate of drug-likeness (QED) is 0.867. The largest absolute Gasteiger partial charge is 0.384 e. The lowest BCUT2D eigenvalue weighted by atomic mass is 9.50. The molecule has 0 saturated heterocycles. The van der Waals surface area contributed by atoms with Crippen LogP contribution < -0.4 is 11.1 Å². The zero-order valence-corrected chi connectivity index (χ0v) is 13.9. The maximum absolute atomic E-state index is 12.8. The number of carbonyl (C=O) groups excluding carboxylic acids is 1. The Balaban J connectivity index is 1.45. The van der Waals surface area contributed by atoms with Gasteiger partial charge in [-0.1, -0.05) is 0 Å². The summed E-state index contributed by atoms with van der Waals surface area (Å²) < 4.78 is 0. The number of rotatable bonds is 3. The van der Waals surface area contributed by atoms with Crippen molar-refractivity contribution in [3.05, 3.63) is 30.2 Å². The lowest BCUT2D eigenvalue weighted by Gasteiger charge is -2.61. The number of aromatic nitrogens is 5. The fourth-order valence-corrected chi connectivity index (χ4v) is 5.83. The molecule has 4 bridgehead atoms. The van der Waals surface area contributed by atoms with E-state index < -0.39 is 0 Å². The summed E-state index contributed by atoms with van der Waals surface area (Å²) in [6.07, 6.45) is 9.41. The normalized spacial score (nSPS) is 35.7. The first-order chi connectivity index (χ1) is 12.1. The van der Waals surface area contributed by atoms with Gasteiger partial charge in [-0.25, -0.2) is 4.98 Å². The van der Waals surface area contributed by atoms with E-state index in [0.29, 0.717) is 23.2 Å². The second-order valence-electron chi connectivity index (χ2n) is 8.12. The minimum absolute atomic E-state index is 0.0730. The Labute approximate surface area is 145 Å². The molecule has 3 N–H and O–H groups in total. The summed E-state index contributed by atoms with van der Waals surface area (Å²) in [5.74, 6) is 1.56. The molecule has 1 amide bonds. The number of nitrogen functional groups attached to an aromatic ring is 1. The van der Waals surface area contributed by atoms with Gasteiger partial charge < -0.3 is 11.1 Å². The molecule has 0 radical (unpaired) electrons. The monoisotopic (exact) mass is 339 g/mol. The average Bonchev–Trinajstić information content (AvgIpc) is 3.09. The smallest absolute Gasteiger partial charge is 0.253 e. The number of anilines is 1. The first-order valence-electron chi connectivity index (χ1n) is 8.83. The van der Waals surface area contributed by atoms with Crippen LogP contribution >= 0.6 is 0 Å². The summed E-state index contributed by atoms with van der Waals surface area (Å²) in [5.41, 5.74) is 5.89. The van der Waals surface area contributed by atoms with Crippen LogP contribution in [0.1, 0.15) is 48.9 Å². The summed E-state index contributed by atoms with van der Waals surface area (Å²) in [4.78, 5) is 18.6. The number of hydrogen-bond donors (Lipinski definition) is 2. The number of carbonyl (C=O) groups is 1. The molecule has 4 fully saturated rings. The van der Waals surface area contributed by atoms with Gasteiger partial charge in [-0.2, -0.15) is 4.80 Å². The second-order valence-corrected chi connectivity index (χ2v) is 8.12.